The Balaban J connectivity index is 1.35. The lowest BCUT2D eigenvalue weighted by Gasteiger charge is -2.20. The molecule has 2 aromatic heterocycles. The number of benzene rings is 3. The summed E-state index contributed by atoms with van der Waals surface area (Å²) in [6.07, 6.45) is 3.47. The Kier molecular flexibility index (Phi) is 5.17. The van der Waals surface area contributed by atoms with Gasteiger partial charge in [-0.05, 0) is 46.8 Å². The molecule has 0 fully saturated rings. The SMILES string of the molecule is COc1cc(-c2csc3ccccc23)cc2c1OCCN(Cc1ccc3nccnc3c1)C2. The van der Waals surface area contributed by atoms with Crippen LogP contribution in [0.2, 0.25) is 0 Å². The van der Waals surface area contributed by atoms with E-state index in [0.29, 0.717) is 6.61 Å². The highest BCUT2D eigenvalue weighted by atomic mass is 32.1. The van der Waals surface area contributed by atoms with Gasteiger partial charge in [-0.1, -0.05) is 24.3 Å². The Bertz CT molecular complexity index is 1460. The quantitative estimate of drug-likeness (QED) is 0.338. The molecule has 33 heavy (non-hydrogen) atoms. The standard InChI is InChI=1S/C27H23N3O2S/c1-31-25-14-19(22-17-33-26-5-3-2-4-21(22)26)13-20-16-30(10-11-32-27(20)25)15-18-6-7-23-24(12-18)29-9-8-28-23/h2-9,12-14,17H,10-11,15-16H2,1H3. The smallest absolute Gasteiger partial charge is 0.165 e. The van der Waals surface area contributed by atoms with E-state index in [1.165, 1.54) is 21.2 Å². The Morgan fingerprint density at radius 3 is 2.82 bits per heavy atom. The van der Waals surface area contributed by atoms with Crippen LogP contribution in [0.25, 0.3) is 32.2 Å². The number of nitrogens with zero attached hydrogens (tertiary/aromatic N) is 3. The molecule has 0 aliphatic carbocycles. The molecule has 0 atom stereocenters. The first-order valence-corrected chi connectivity index (χ1v) is 11.9. The van der Waals surface area contributed by atoms with E-state index >= 15 is 0 Å². The fourth-order valence-corrected chi connectivity index (χ4v) is 5.52. The molecule has 0 N–H and O–H groups in total. The van der Waals surface area contributed by atoms with Gasteiger partial charge in [-0.25, -0.2) is 0 Å². The lowest BCUT2D eigenvalue weighted by Crippen LogP contribution is -2.25. The highest BCUT2D eigenvalue weighted by Crippen LogP contribution is 2.41. The van der Waals surface area contributed by atoms with Crippen LogP contribution in [0.4, 0.5) is 0 Å². The molecule has 5 aromatic rings. The summed E-state index contributed by atoms with van der Waals surface area (Å²) in [5.41, 5.74) is 6.61. The molecule has 0 saturated heterocycles. The van der Waals surface area contributed by atoms with E-state index in [4.69, 9.17) is 9.47 Å². The van der Waals surface area contributed by atoms with Gasteiger partial charge in [0.2, 0.25) is 0 Å². The molecule has 6 rings (SSSR count). The molecule has 5 nitrogen and oxygen atoms in total. The van der Waals surface area contributed by atoms with E-state index in [9.17, 15) is 0 Å². The van der Waals surface area contributed by atoms with E-state index in [0.717, 1.165) is 53.3 Å². The molecule has 0 unspecified atom stereocenters. The van der Waals surface area contributed by atoms with Gasteiger partial charge in [-0.3, -0.25) is 14.9 Å². The molecule has 1 aliphatic rings. The van der Waals surface area contributed by atoms with Crippen LogP contribution < -0.4 is 9.47 Å². The average molecular weight is 454 g/mol. The molecule has 0 spiro atoms. The van der Waals surface area contributed by atoms with Crippen molar-refractivity contribution < 1.29 is 9.47 Å². The third kappa shape index (κ3) is 3.81. The zero-order valence-electron chi connectivity index (χ0n) is 18.3. The maximum Gasteiger partial charge on any atom is 0.165 e. The van der Waals surface area contributed by atoms with Crippen molar-refractivity contribution in [3.63, 3.8) is 0 Å². The van der Waals surface area contributed by atoms with Gasteiger partial charge in [0.15, 0.2) is 11.5 Å². The average Bonchev–Trinajstić information content (AvgIpc) is 3.18. The van der Waals surface area contributed by atoms with Crippen LogP contribution in [0, 0.1) is 0 Å². The highest BCUT2D eigenvalue weighted by molar-refractivity contribution is 7.17. The molecule has 164 valence electrons. The highest BCUT2D eigenvalue weighted by Gasteiger charge is 2.21. The fourth-order valence-electron chi connectivity index (χ4n) is 4.55. The number of ether oxygens (including phenoxy) is 2. The van der Waals surface area contributed by atoms with E-state index in [1.807, 2.05) is 6.07 Å². The normalized spacial score (nSPS) is 14.1. The summed E-state index contributed by atoms with van der Waals surface area (Å²) in [5, 5.41) is 3.50. The number of thiophene rings is 1. The molecule has 0 amide bonds. The number of hydrogen-bond donors (Lipinski definition) is 0. The topological polar surface area (TPSA) is 47.5 Å². The summed E-state index contributed by atoms with van der Waals surface area (Å²) in [6, 6.07) is 19.2. The number of aromatic nitrogens is 2. The molecule has 3 heterocycles. The van der Waals surface area contributed by atoms with Crippen LogP contribution >= 0.6 is 11.3 Å². The molecular formula is C27H23N3O2S. The molecule has 0 saturated carbocycles. The molecule has 1 aliphatic heterocycles. The van der Waals surface area contributed by atoms with Gasteiger partial charge in [0.1, 0.15) is 6.61 Å². The first-order valence-electron chi connectivity index (χ1n) is 11.0. The third-order valence-electron chi connectivity index (χ3n) is 6.13. The van der Waals surface area contributed by atoms with Crippen LogP contribution in [-0.4, -0.2) is 35.1 Å². The van der Waals surface area contributed by atoms with E-state index in [2.05, 4.69) is 68.8 Å². The van der Waals surface area contributed by atoms with Crippen molar-refractivity contribution in [3.8, 4) is 22.6 Å². The van der Waals surface area contributed by atoms with E-state index in [-0.39, 0.29) is 0 Å². The predicted octanol–water partition coefficient (Wildman–Crippen LogP) is 5.91. The van der Waals surface area contributed by atoms with Crippen LogP contribution in [0.3, 0.4) is 0 Å². The van der Waals surface area contributed by atoms with Gasteiger partial charge in [0.05, 0.1) is 18.1 Å². The van der Waals surface area contributed by atoms with Crippen LogP contribution in [-0.2, 0) is 13.1 Å². The minimum atomic E-state index is 0.622. The van der Waals surface area contributed by atoms with E-state index < -0.39 is 0 Å². The Morgan fingerprint density at radius 2 is 1.91 bits per heavy atom. The second kappa shape index (κ2) is 8.46. The summed E-state index contributed by atoms with van der Waals surface area (Å²) < 4.78 is 13.2. The summed E-state index contributed by atoms with van der Waals surface area (Å²) >= 11 is 1.77. The minimum absolute atomic E-state index is 0.622. The van der Waals surface area contributed by atoms with Crippen molar-refractivity contribution in [2.75, 3.05) is 20.3 Å². The number of rotatable bonds is 4. The minimum Gasteiger partial charge on any atom is -0.493 e. The molecule has 0 bridgehead atoms. The Labute approximate surface area is 196 Å². The van der Waals surface area contributed by atoms with Gasteiger partial charge in [-0.15, -0.1) is 11.3 Å². The first kappa shape index (κ1) is 20.1. The first-order chi connectivity index (χ1) is 16.3. The zero-order chi connectivity index (χ0) is 22.2. The second-order valence-electron chi connectivity index (χ2n) is 8.25. The van der Waals surface area contributed by atoms with Crippen molar-refractivity contribution in [2.45, 2.75) is 13.1 Å². The molecule has 6 heteroatoms. The lowest BCUT2D eigenvalue weighted by molar-refractivity contribution is 0.217. The second-order valence-corrected chi connectivity index (χ2v) is 9.16. The number of fused-ring (bicyclic) bond motifs is 3. The van der Waals surface area contributed by atoms with Crippen molar-refractivity contribution >= 4 is 32.5 Å². The third-order valence-corrected chi connectivity index (χ3v) is 7.09. The van der Waals surface area contributed by atoms with Gasteiger partial charge in [0, 0.05) is 53.2 Å². The monoisotopic (exact) mass is 453 g/mol. The lowest BCUT2D eigenvalue weighted by atomic mass is 10.0. The number of methoxy groups -OCH3 is 1. The van der Waals surface area contributed by atoms with Crippen molar-refractivity contribution in [3.05, 3.63) is 83.5 Å². The summed E-state index contributed by atoms with van der Waals surface area (Å²) in [4.78, 5) is 11.3. The predicted molar refractivity (Wildman–Crippen MR) is 133 cm³/mol. The summed E-state index contributed by atoms with van der Waals surface area (Å²) in [6.45, 7) is 3.08. The molecular weight excluding hydrogens is 430 g/mol. The van der Waals surface area contributed by atoms with Crippen LogP contribution in [0.1, 0.15) is 11.1 Å². The maximum atomic E-state index is 6.18. The van der Waals surface area contributed by atoms with Gasteiger partial charge < -0.3 is 9.47 Å². The van der Waals surface area contributed by atoms with Crippen molar-refractivity contribution in [1.29, 1.82) is 0 Å². The summed E-state index contributed by atoms with van der Waals surface area (Å²) in [5.74, 6) is 1.65. The largest absolute Gasteiger partial charge is 0.493 e. The van der Waals surface area contributed by atoms with Gasteiger partial charge in [0.25, 0.3) is 0 Å². The van der Waals surface area contributed by atoms with Crippen LogP contribution in [0.15, 0.2) is 72.4 Å². The molecule has 3 aromatic carbocycles. The van der Waals surface area contributed by atoms with Gasteiger partial charge in [-0.2, -0.15) is 0 Å². The van der Waals surface area contributed by atoms with E-state index in [1.54, 1.807) is 30.8 Å². The zero-order valence-corrected chi connectivity index (χ0v) is 19.1. The fraction of sp³-hybridized carbons (Fsp3) is 0.185. The number of hydrogen-bond acceptors (Lipinski definition) is 6. The van der Waals surface area contributed by atoms with Crippen molar-refractivity contribution in [2.24, 2.45) is 0 Å². The van der Waals surface area contributed by atoms with Crippen molar-refractivity contribution in [1.82, 2.24) is 14.9 Å². The van der Waals surface area contributed by atoms with Crippen LogP contribution in [0.5, 0.6) is 11.5 Å². The van der Waals surface area contributed by atoms with Gasteiger partial charge >= 0.3 is 0 Å². The Hall–Kier alpha value is -3.48. The summed E-state index contributed by atoms with van der Waals surface area (Å²) in [7, 11) is 1.72. The molecule has 0 radical (unpaired) electrons. The maximum absolute atomic E-state index is 6.18. The Morgan fingerprint density at radius 1 is 1.03 bits per heavy atom.